The molecule has 0 bridgehead atoms. The van der Waals surface area contributed by atoms with Crippen LogP contribution in [0.1, 0.15) is 12.5 Å². The molecule has 0 aliphatic carbocycles. The number of carbonyl (C=O) groups is 1. The predicted octanol–water partition coefficient (Wildman–Crippen LogP) is 1.92. The summed E-state index contributed by atoms with van der Waals surface area (Å²) in [5.74, 6) is 0.433. The van der Waals surface area contributed by atoms with E-state index in [0.29, 0.717) is 19.7 Å². The highest BCUT2D eigenvalue weighted by Gasteiger charge is 2.37. The number of fused-ring (bicyclic) bond motifs is 1. The van der Waals surface area contributed by atoms with Crippen LogP contribution in [0.4, 0.5) is 0 Å². The van der Waals surface area contributed by atoms with Gasteiger partial charge in [0, 0.05) is 25.2 Å². The van der Waals surface area contributed by atoms with Gasteiger partial charge in [-0.15, -0.1) is 0 Å². The zero-order chi connectivity index (χ0) is 16.4. The number of methoxy groups -OCH3 is 1. The monoisotopic (exact) mass is 314 g/mol. The lowest BCUT2D eigenvalue weighted by atomic mass is 10.00. The highest BCUT2D eigenvalue weighted by atomic mass is 16.5. The van der Waals surface area contributed by atoms with E-state index in [1.54, 1.807) is 14.0 Å². The van der Waals surface area contributed by atoms with Crippen molar-refractivity contribution < 1.29 is 14.3 Å². The number of primary amides is 1. The number of ether oxygens (including phenoxy) is 2. The summed E-state index contributed by atoms with van der Waals surface area (Å²) in [7, 11) is 1.68. The van der Waals surface area contributed by atoms with E-state index in [2.05, 4.69) is 23.1 Å². The Kier molecular flexibility index (Phi) is 4.24. The highest BCUT2D eigenvalue weighted by Crippen LogP contribution is 2.30. The van der Waals surface area contributed by atoms with Crippen molar-refractivity contribution in [3.63, 3.8) is 0 Å². The Morgan fingerprint density at radius 2 is 2.13 bits per heavy atom. The molecule has 2 aromatic carbocycles. The van der Waals surface area contributed by atoms with Crippen LogP contribution in [0.2, 0.25) is 0 Å². The number of benzene rings is 2. The third-order valence-corrected chi connectivity index (χ3v) is 4.47. The summed E-state index contributed by atoms with van der Waals surface area (Å²) in [6.45, 7) is 4.18. The van der Waals surface area contributed by atoms with Gasteiger partial charge in [-0.2, -0.15) is 0 Å². The molecule has 1 saturated heterocycles. The first-order valence-electron chi connectivity index (χ1n) is 7.74. The average Bonchev–Trinajstić information content (AvgIpc) is 2.55. The maximum atomic E-state index is 11.7. The fourth-order valence-electron chi connectivity index (χ4n) is 3.13. The zero-order valence-electron chi connectivity index (χ0n) is 13.5. The maximum absolute atomic E-state index is 11.7. The normalized spacial score (nSPS) is 22.2. The summed E-state index contributed by atoms with van der Waals surface area (Å²) >= 11 is 0. The standard InChI is InChI=1S/C18H22N2O3/c1-18(17(19)21)12-20(9-10-23-18)11-15-14-6-4-3-5-13(14)7-8-16(15)22-2/h3-8H,9-12H2,1-2H3,(H2,19,21)/t18-/m1/s1. The van der Waals surface area contributed by atoms with Crippen molar-refractivity contribution in [3.8, 4) is 5.75 Å². The SMILES string of the molecule is COc1ccc2ccccc2c1CN1CCO[C@@](C)(C(N)=O)C1. The molecular weight excluding hydrogens is 292 g/mol. The molecule has 23 heavy (non-hydrogen) atoms. The van der Waals surface area contributed by atoms with Gasteiger partial charge in [0.15, 0.2) is 5.60 Å². The van der Waals surface area contributed by atoms with Gasteiger partial charge in [-0.3, -0.25) is 9.69 Å². The number of hydrogen-bond donors (Lipinski definition) is 1. The summed E-state index contributed by atoms with van der Waals surface area (Å²) in [4.78, 5) is 13.8. The molecule has 122 valence electrons. The third kappa shape index (κ3) is 3.02. The van der Waals surface area contributed by atoms with Gasteiger partial charge in [0.2, 0.25) is 0 Å². The highest BCUT2D eigenvalue weighted by molar-refractivity contribution is 5.87. The van der Waals surface area contributed by atoms with Gasteiger partial charge in [-0.1, -0.05) is 30.3 Å². The molecule has 2 aromatic rings. The van der Waals surface area contributed by atoms with Crippen LogP contribution < -0.4 is 10.5 Å². The van der Waals surface area contributed by atoms with Crippen LogP contribution in [0.5, 0.6) is 5.75 Å². The van der Waals surface area contributed by atoms with E-state index in [-0.39, 0.29) is 0 Å². The van der Waals surface area contributed by atoms with Crippen molar-refractivity contribution in [1.29, 1.82) is 0 Å². The summed E-state index contributed by atoms with van der Waals surface area (Å²) in [6, 6.07) is 12.3. The second-order valence-corrected chi connectivity index (χ2v) is 6.12. The quantitative estimate of drug-likeness (QED) is 0.936. The molecule has 0 aromatic heterocycles. The largest absolute Gasteiger partial charge is 0.496 e. The average molecular weight is 314 g/mol. The molecule has 1 atom stereocenters. The Labute approximate surface area is 136 Å². The van der Waals surface area contributed by atoms with E-state index in [1.165, 1.54) is 10.8 Å². The minimum Gasteiger partial charge on any atom is -0.496 e. The molecule has 5 heteroatoms. The molecule has 5 nitrogen and oxygen atoms in total. The lowest BCUT2D eigenvalue weighted by Crippen LogP contribution is -2.56. The zero-order valence-corrected chi connectivity index (χ0v) is 13.5. The second-order valence-electron chi connectivity index (χ2n) is 6.12. The molecular formula is C18H22N2O3. The van der Waals surface area contributed by atoms with Gasteiger partial charge >= 0.3 is 0 Å². The van der Waals surface area contributed by atoms with E-state index in [4.69, 9.17) is 15.2 Å². The van der Waals surface area contributed by atoms with Crippen LogP contribution in [-0.2, 0) is 16.1 Å². The number of rotatable bonds is 4. The molecule has 0 unspecified atom stereocenters. The lowest BCUT2D eigenvalue weighted by Gasteiger charge is -2.38. The summed E-state index contributed by atoms with van der Waals surface area (Å²) in [5.41, 5.74) is 5.68. The van der Waals surface area contributed by atoms with E-state index < -0.39 is 11.5 Å². The van der Waals surface area contributed by atoms with Crippen molar-refractivity contribution >= 4 is 16.7 Å². The van der Waals surface area contributed by atoms with Crippen molar-refractivity contribution in [2.45, 2.75) is 19.1 Å². The lowest BCUT2D eigenvalue weighted by molar-refractivity contribution is -0.153. The topological polar surface area (TPSA) is 64.8 Å². The van der Waals surface area contributed by atoms with E-state index in [0.717, 1.165) is 17.9 Å². The van der Waals surface area contributed by atoms with Crippen LogP contribution >= 0.6 is 0 Å². The van der Waals surface area contributed by atoms with Gasteiger partial charge in [0.05, 0.1) is 13.7 Å². The van der Waals surface area contributed by atoms with Crippen LogP contribution in [0.25, 0.3) is 10.8 Å². The first-order valence-corrected chi connectivity index (χ1v) is 7.74. The Hall–Kier alpha value is -2.11. The summed E-state index contributed by atoms with van der Waals surface area (Å²) in [6.07, 6.45) is 0. The Morgan fingerprint density at radius 1 is 1.35 bits per heavy atom. The van der Waals surface area contributed by atoms with Crippen molar-refractivity contribution in [2.24, 2.45) is 5.73 Å². The molecule has 1 fully saturated rings. The first-order chi connectivity index (χ1) is 11.0. The molecule has 1 amide bonds. The fraction of sp³-hybridized carbons (Fsp3) is 0.389. The Balaban J connectivity index is 1.93. The van der Waals surface area contributed by atoms with Crippen LogP contribution in [-0.4, -0.2) is 43.2 Å². The smallest absolute Gasteiger partial charge is 0.250 e. The fourth-order valence-corrected chi connectivity index (χ4v) is 3.13. The number of hydrogen-bond acceptors (Lipinski definition) is 4. The van der Waals surface area contributed by atoms with E-state index >= 15 is 0 Å². The molecule has 0 saturated carbocycles. The van der Waals surface area contributed by atoms with Gasteiger partial charge in [0.1, 0.15) is 5.75 Å². The number of morpholine rings is 1. The van der Waals surface area contributed by atoms with Gasteiger partial charge < -0.3 is 15.2 Å². The summed E-state index contributed by atoms with van der Waals surface area (Å²) < 4.78 is 11.1. The van der Waals surface area contributed by atoms with E-state index in [1.807, 2.05) is 18.2 Å². The minimum atomic E-state index is -0.934. The number of carbonyl (C=O) groups excluding carboxylic acids is 1. The Bertz CT molecular complexity index is 731. The molecule has 1 aliphatic heterocycles. The van der Waals surface area contributed by atoms with Crippen molar-refractivity contribution in [3.05, 3.63) is 42.0 Å². The first kappa shape index (κ1) is 15.8. The molecule has 1 aliphatic rings. The Morgan fingerprint density at radius 3 is 2.87 bits per heavy atom. The number of nitrogens with two attached hydrogens (primary N) is 1. The van der Waals surface area contributed by atoms with Crippen LogP contribution in [0.15, 0.2) is 36.4 Å². The molecule has 1 heterocycles. The van der Waals surface area contributed by atoms with Gasteiger partial charge in [-0.25, -0.2) is 0 Å². The summed E-state index contributed by atoms with van der Waals surface area (Å²) in [5, 5.41) is 2.34. The van der Waals surface area contributed by atoms with Gasteiger partial charge in [0.25, 0.3) is 5.91 Å². The third-order valence-electron chi connectivity index (χ3n) is 4.47. The van der Waals surface area contributed by atoms with E-state index in [9.17, 15) is 4.79 Å². The van der Waals surface area contributed by atoms with Crippen molar-refractivity contribution in [1.82, 2.24) is 4.90 Å². The predicted molar refractivity (Wildman–Crippen MR) is 89.3 cm³/mol. The molecule has 0 spiro atoms. The maximum Gasteiger partial charge on any atom is 0.250 e. The number of nitrogens with zero attached hydrogens (tertiary/aromatic N) is 1. The van der Waals surface area contributed by atoms with Gasteiger partial charge in [-0.05, 0) is 23.8 Å². The molecule has 0 radical (unpaired) electrons. The van der Waals surface area contributed by atoms with Crippen LogP contribution in [0, 0.1) is 0 Å². The van der Waals surface area contributed by atoms with Crippen LogP contribution in [0.3, 0.4) is 0 Å². The minimum absolute atomic E-state index is 0.424. The molecule has 3 rings (SSSR count). The second kappa shape index (κ2) is 6.18. The van der Waals surface area contributed by atoms with Crippen molar-refractivity contribution in [2.75, 3.05) is 26.8 Å². The number of amides is 1. The molecule has 2 N–H and O–H groups in total.